The van der Waals surface area contributed by atoms with E-state index in [2.05, 4.69) is 84.2 Å². The number of fused-ring (bicyclic) bond motifs is 1. The fourth-order valence-electron chi connectivity index (χ4n) is 2.71. The quantitative estimate of drug-likeness (QED) is 0.752. The molecule has 4 rings (SSSR count). The Morgan fingerprint density at radius 2 is 1.48 bits per heavy atom. The number of nitrogens with one attached hydrogen (secondary N) is 1. The molecule has 100 valence electrons. The van der Waals surface area contributed by atoms with Crippen LogP contribution in [-0.4, -0.2) is 0 Å². The predicted molar refractivity (Wildman–Crippen MR) is 89.8 cm³/mol. The summed E-state index contributed by atoms with van der Waals surface area (Å²) < 4.78 is 0. The molecule has 1 nitrogen and oxygen atoms in total. The predicted octanol–water partition coefficient (Wildman–Crippen LogP) is 5.17. The van der Waals surface area contributed by atoms with Crippen LogP contribution in [0.25, 0.3) is 17.2 Å². The highest BCUT2D eigenvalue weighted by Gasteiger charge is 2.11. The maximum Gasteiger partial charge on any atom is 0.0458 e. The van der Waals surface area contributed by atoms with Crippen molar-refractivity contribution in [3.8, 4) is 11.1 Å². The topological polar surface area (TPSA) is 12.0 Å². The zero-order chi connectivity index (χ0) is 14.1. The number of anilines is 1. The van der Waals surface area contributed by atoms with Crippen LogP contribution < -0.4 is 5.32 Å². The van der Waals surface area contributed by atoms with Crippen molar-refractivity contribution in [3.05, 3.63) is 95.7 Å². The van der Waals surface area contributed by atoms with Crippen molar-refractivity contribution in [2.75, 3.05) is 5.32 Å². The largest absolute Gasteiger partial charge is 0.355 e. The van der Waals surface area contributed by atoms with E-state index in [0.717, 1.165) is 11.4 Å². The van der Waals surface area contributed by atoms with E-state index in [-0.39, 0.29) is 0 Å². The molecular weight excluding hydrogens is 254 g/mol. The Kier molecular flexibility index (Phi) is 2.82. The van der Waals surface area contributed by atoms with Crippen LogP contribution in [0.4, 0.5) is 5.69 Å². The molecule has 0 spiro atoms. The smallest absolute Gasteiger partial charge is 0.0458 e. The summed E-state index contributed by atoms with van der Waals surface area (Å²) >= 11 is 0. The summed E-state index contributed by atoms with van der Waals surface area (Å²) in [6, 6.07) is 17.0. The summed E-state index contributed by atoms with van der Waals surface area (Å²) in [5.74, 6) is 0. The maximum atomic E-state index is 3.51. The highest BCUT2D eigenvalue weighted by molar-refractivity contribution is 5.80. The van der Waals surface area contributed by atoms with Crippen LogP contribution in [0.5, 0.6) is 0 Å². The normalized spacial score (nSPS) is 15.2. The molecular formula is C20H15N. The number of benzene rings is 2. The summed E-state index contributed by atoms with van der Waals surface area (Å²) in [6.45, 7) is 0. The van der Waals surface area contributed by atoms with Crippen molar-refractivity contribution in [3.63, 3.8) is 0 Å². The molecule has 1 heterocycles. The molecule has 1 N–H and O–H groups in total. The van der Waals surface area contributed by atoms with Gasteiger partial charge in [0, 0.05) is 11.4 Å². The second-order valence-electron chi connectivity index (χ2n) is 5.21. The number of hydrogen-bond acceptors (Lipinski definition) is 1. The Morgan fingerprint density at radius 1 is 0.667 bits per heavy atom. The molecule has 2 aromatic carbocycles. The van der Waals surface area contributed by atoms with E-state index in [1.54, 1.807) is 0 Å². The molecule has 0 radical (unpaired) electrons. The molecule has 0 fully saturated rings. The van der Waals surface area contributed by atoms with Gasteiger partial charge in [-0.2, -0.15) is 0 Å². The lowest BCUT2D eigenvalue weighted by molar-refractivity contribution is 1.40. The minimum absolute atomic E-state index is 1.15. The zero-order valence-corrected chi connectivity index (χ0v) is 11.6. The number of allylic oxidation sites excluding steroid dienone is 6. The van der Waals surface area contributed by atoms with Gasteiger partial charge in [-0.05, 0) is 40.5 Å². The Labute approximate surface area is 124 Å². The third-order valence-electron chi connectivity index (χ3n) is 3.83. The first-order valence-electron chi connectivity index (χ1n) is 7.14. The van der Waals surface area contributed by atoms with Gasteiger partial charge in [0.1, 0.15) is 0 Å². The van der Waals surface area contributed by atoms with Gasteiger partial charge < -0.3 is 5.32 Å². The Hall–Kier alpha value is -2.80. The lowest BCUT2D eigenvalue weighted by Crippen LogP contribution is -2.04. The molecule has 2 aliphatic rings. The highest BCUT2D eigenvalue weighted by atomic mass is 14.9. The first-order chi connectivity index (χ1) is 10.4. The average Bonchev–Trinajstić information content (AvgIpc) is 3.09. The van der Waals surface area contributed by atoms with Gasteiger partial charge >= 0.3 is 0 Å². The van der Waals surface area contributed by atoms with E-state index in [4.69, 9.17) is 0 Å². The fraction of sp³-hybridized carbons (Fsp3) is 0. The Balaban J connectivity index is 1.73. The third kappa shape index (κ3) is 2.23. The van der Waals surface area contributed by atoms with Gasteiger partial charge in [0.25, 0.3) is 0 Å². The zero-order valence-electron chi connectivity index (χ0n) is 11.6. The van der Waals surface area contributed by atoms with Crippen LogP contribution >= 0.6 is 0 Å². The lowest BCUT2D eigenvalue weighted by atomic mass is 9.99. The van der Waals surface area contributed by atoms with Crippen LogP contribution in [0.2, 0.25) is 0 Å². The molecule has 1 heteroatoms. The van der Waals surface area contributed by atoms with Gasteiger partial charge in [-0.3, -0.25) is 0 Å². The van der Waals surface area contributed by atoms with Crippen molar-refractivity contribution >= 4 is 11.8 Å². The molecule has 0 amide bonds. The first-order valence-corrected chi connectivity index (χ1v) is 7.14. The molecule has 1 aliphatic carbocycles. The van der Waals surface area contributed by atoms with E-state index in [1.807, 2.05) is 6.07 Å². The van der Waals surface area contributed by atoms with Gasteiger partial charge in [0.2, 0.25) is 0 Å². The first kappa shape index (κ1) is 12.0. The standard InChI is InChI=1S/C20H15N/c1-2-6-15(7-3-1)17-10-12-20-18(14-17)11-13-19(21-20)16-8-4-5-9-16/h1-14,21H. The summed E-state index contributed by atoms with van der Waals surface area (Å²) in [4.78, 5) is 0. The summed E-state index contributed by atoms with van der Waals surface area (Å²) in [5, 5.41) is 3.51. The fourth-order valence-corrected chi connectivity index (χ4v) is 2.71. The van der Waals surface area contributed by atoms with Crippen molar-refractivity contribution in [2.24, 2.45) is 0 Å². The lowest BCUT2D eigenvalue weighted by Gasteiger charge is -2.18. The summed E-state index contributed by atoms with van der Waals surface area (Å²) in [5.41, 5.74) is 7.26. The van der Waals surface area contributed by atoms with Gasteiger partial charge in [-0.25, -0.2) is 0 Å². The van der Waals surface area contributed by atoms with Crippen molar-refractivity contribution < 1.29 is 0 Å². The minimum atomic E-state index is 1.15. The van der Waals surface area contributed by atoms with Crippen LogP contribution in [0.3, 0.4) is 0 Å². The molecule has 0 unspecified atom stereocenters. The van der Waals surface area contributed by atoms with Crippen LogP contribution in [-0.2, 0) is 0 Å². The highest BCUT2D eigenvalue weighted by Crippen LogP contribution is 2.31. The SMILES string of the molecule is C1=CC(=C2C=Cc3cc(-c4ccccc4)ccc3N2)C=C1. The van der Waals surface area contributed by atoms with E-state index < -0.39 is 0 Å². The monoisotopic (exact) mass is 269 g/mol. The van der Waals surface area contributed by atoms with E-state index in [1.165, 1.54) is 22.3 Å². The van der Waals surface area contributed by atoms with Gasteiger partial charge in [-0.1, -0.05) is 66.8 Å². The molecule has 0 aromatic heterocycles. The molecule has 2 aromatic rings. The van der Waals surface area contributed by atoms with Crippen LogP contribution in [0, 0.1) is 0 Å². The van der Waals surface area contributed by atoms with Crippen molar-refractivity contribution in [1.29, 1.82) is 0 Å². The van der Waals surface area contributed by atoms with Crippen molar-refractivity contribution in [2.45, 2.75) is 0 Å². The summed E-state index contributed by atoms with van der Waals surface area (Å²) in [6.07, 6.45) is 12.7. The molecule has 1 aliphatic heterocycles. The van der Waals surface area contributed by atoms with Gasteiger partial charge in [0.05, 0.1) is 0 Å². The Morgan fingerprint density at radius 3 is 2.29 bits per heavy atom. The average molecular weight is 269 g/mol. The molecule has 0 saturated heterocycles. The molecule has 21 heavy (non-hydrogen) atoms. The second kappa shape index (κ2) is 4.95. The molecule has 0 bridgehead atoms. The van der Waals surface area contributed by atoms with Crippen molar-refractivity contribution in [1.82, 2.24) is 0 Å². The molecule has 0 atom stereocenters. The second-order valence-corrected chi connectivity index (χ2v) is 5.21. The van der Waals surface area contributed by atoms with Crippen LogP contribution in [0.15, 0.2) is 90.2 Å². The van der Waals surface area contributed by atoms with E-state index in [0.29, 0.717) is 0 Å². The maximum absolute atomic E-state index is 3.51. The van der Waals surface area contributed by atoms with E-state index >= 15 is 0 Å². The van der Waals surface area contributed by atoms with Gasteiger partial charge in [0.15, 0.2) is 0 Å². The molecule has 0 saturated carbocycles. The van der Waals surface area contributed by atoms with Gasteiger partial charge in [-0.15, -0.1) is 0 Å². The third-order valence-corrected chi connectivity index (χ3v) is 3.83. The summed E-state index contributed by atoms with van der Waals surface area (Å²) in [7, 11) is 0. The van der Waals surface area contributed by atoms with Crippen LogP contribution in [0.1, 0.15) is 5.56 Å². The van der Waals surface area contributed by atoms with E-state index in [9.17, 15) is 0 Å². The Bertz CT molecular complexity index is 791. The number of rotatable bonds is 1. The number of hydrogen-bond donors (Lipinski definition) is 1. The minimum Gasteiger partial charge on any atom is -0.355 e.